The molecular formula is C18H29N. The molecule has 1 heteroatoms. The molecule has 1 aliphatic rings. The summed E-state index contributed by atoms with van der Waals surface area (Å²) in [5, 5.41) is 0. The van der Waals surface area contributed by atoms with Crippen LogP contribution < -0.4 is 0 Å². The van der Waals surface area contributed by atoms with Crippen molar-refractivity contribution < 1.29 is 0 Å². The van der Waals surface area contributed by atoms with Gasteiger partial charge in [0.25, 0.3) is 0 Å². The van der Waals surface area contributed by atoms with Crippen LogP contribution in [0.1, 0.15) is 70.5 Å². The molecule has 2 rings (SSSR count). The predicted octanol–water partition coefficient (Wildman–Crippen LogP) is 4.96. The third-order valence-corrected chi connectivity index (χ3v) is 4.33. The van der Waals surface area contributed by atoms with Crippen LogP contribution in [-0.4, -0.2) is 17.0 Å². The highest BCUT2D eigenvalue weighted by Crippen LogP contribution is 2.38. The number of unbranched alkanes of at least 4 members (excludes halogenated alkanes) is 1. The van der Waals surface area contributed by atoms with Gasteiger partial charge in [0.05, 0.1) is 0 Å². The van der Waals surface area contributed by atoms with Crippen molar-refractivity contribution in [3.8, 4) is 0 Å². The Kier molecular flexibility index (Phi) is 4.67. The van der Waals surface area contributed by atoms with Crippen LogP contribution in [0.15, 0.2) is 24.3 Å². The van der Waals surface area contributed by atoms with E-state index in [1.165, 1.54) is 38.6 Å². The average molecular weight is 259 g/mol. The second-order valence-electron chi connectivity index (χ2n) is 6.82. The van der Waals surface area contributed by atoms with E-state index in [-0.39, 0.29) is 5.54 Å². The Labute approximate surface area is 119 Å². The maximum atomic E-state index is 2.69. The lowest BCUT2D eigenvalue weighted by atomic mass is 9.93. The van der Waals surface area contributed by atoms with Crippen LogP contribution in [0.3, 0.4) is 0 Å². The molecule has 0 radical (unpaired) electrons. The molecule has 1 saturated heterocycles. The fraction of sp³-hybridized carbons (Fsp3) is 0.667. The molecular weight excluding hydrogens is 230 g/mol. The van der Waals surface area contributed by atoms with Crippen molar-refractivity contribution in [2.24, 2.45) is 0 Å². The predicted molar refractivity (Wildman–Crippen MR) is 83.5 cm³/mol. The van der Waals surface area contributed by atoms with Crippen LogP contribution in [0.4, 0.5) is 0 Å². The molecule has 1 atom stereocenters. The number of nitrogens with zero attached hydrogens (tertiary/aromatic N) is 1. The first-order valence-corrected chi connectivity index (χ1v) is 7.88. The zero-order valence-electron chi connectivity index (χ0n) is 13.1. The minimum atomic E-state index is 0.277. The van der Waals surface area contributed by atoms with Crippen molar-refractivity contribution >= 4 is 0 Å². The molecule has 0 amide bonds. The molecule has 19 heavy (non-hydrogen) atoms. The van der Waals surface area contributed by atoms with Crippen LogP contribution in [0.2, 0.25) is 0 Å². The van der Waals surface area contributed by atoms with Gasteiger partial charge < -0.3 is 0 Å². The summed E-state index contributed by atoms with van der Waals surface area (Å²) >= 11 is 0. The second kappa shape index (κ2) is 6.09. The summed E-state index contributed by atoms with van der Waals surface area (Å²) in [7, 11) is 0. The monoisotopic (exact) mass is 259 g/mol. The Morgan fingerprint density at radius 3 is 2.63 bits per heavy atom. The number of hydrogen-bond donors (Lipinski definition) is 0. The van der Waals surface area contributed by atoms with Crippen molar-refractivity contribution in [1.29, 1.82) is 0 Å². The molecule has 0 saturated carbocycles. The fourth-order valence-electron chi connectivity index (χ4n) is 3.35. The Morgan fingerprint density at radius 1 is 1.21 bits per heavy atom. The van der Waals surface area contributed by atoms with Gasteiger partial charge in [0, 0.05) is 11.6 Å². The molecule has 106 valence electrons. The number of rotatable bonds is 4. The molecule has 1 aromatic rings. The van der Waals surface area contributed by atoms with Gasteiger partial charge in [0.2, 0.25) is 0 Å². The van der Waals surface area contributed by atoms with Gasteiger partial charge in [-0.1, -0.05) is 37.6 Å². The fourth-order valence-corrected chi connectivity index (χ4v) is 3.35. The Bertz CT molecular complexity index is 402. The van der Waals surface area contributed by atoms with E-state index in [9.17, 15) is 0 Å². The topological polar surface area (TPSA) is 3.24 Å². The first-order chi connectivity index (χ1) is 9.04. The molecule has 1 fully saturated rings. The Morgan fingerprint density at radius 2 is 1.95 bits per heavy atom. The zero-order valence-corrected chi connectivity index (χ0v) is 13.1. The summed E-state index contributed by atoms with van der Waals surface area (Å²) < 4.78 is 0. The average Bonchev–Trinajstić information content (AvgIpc) is 2.85. The standard InChI is InChI=1S/C18H29N/c1-5-6-10-15-11-7-8-12-16(15)17-13-9-14-19(17)18(2,3)4/h7-8,11-12,17H,5-6,9-10,13-14H2,1-4H3. The summed E-state index contributed by atoms with van der Waals surface area (Å²) in [6.45, 7) is 10.6. The molecule has 1 unspecified atom stereocenters. The molecule has 0 aromatic heterocycles. The van der Waals surface area contributed by atoms with E-state index in [1.54, 1.807) is 11.1 Å². The lowest BCUT2D eigenvalue weighted by Gasteiger charge is -2.38. The highest BCUT2D eigenvalue weighted by Gasteiger charge is 2.34. The van der Waals surface area contributed by atoms with Crippen molar-refractivity contribution in [3.63, 3.8) is 0 Å². The molecule has 1 aliphatic heterocycles. The quantitative estimate of drug-likeness (QED) is 0.738. The third-order valence-electron chi connectivity index (χ3n) is 4.33. The first kappa shape index (κ1) is 14.6. The maximum absolute atomic E-state index is 2.69. The van der Waals surface area contributed by atoms with Gasteiger partial charge in [0.1, 0.15) is 0 Å². The van der Waals surface area contributed by atoms with Crippen LogP contribution in [0.25, 0.3) is 0 Å². The van der Waals surface area contributed by atoms with Crippen LogP contribution in [-0.2, 0) is 6.42 Å². The summed E-state index contributed by atoms with van der Waals surface area (Å²) in [6, 6.07) is 9.74. The van der Waals surface area contributed by atoms with E-state index in [0.717, 1.165) is 0 Å². The van der Waals surface area contributed by atoms with Gasteiger partial charge in [-0.15, -0.1) is 0 Å². The minimum absolute atomic E-state index is 0.277. The number of hydrogen-bond acceptors (Lipinski definition) is 1. The summed E-state index contributed by atoms with van der Waals surface area (Å²) in [6.07, 6.45) is 6.48. The van der Waals surface area contributed by atoms with Gasteiger partial charge >= 0.3 is 0 Å². The van der Waals surface area contributed by atoms with Crippen molar-refractivity contribution in [2.75, 3.05) is 6.54 Å². The van der Waals surface area contributed by atoms with E-state index in [1.807, 2.05) is 0 Å². The van der Waals surface area contributed by atoms with E-state index in [2.05, 4.69) is 56.9 Å². The molecule has 0 bridgehead atoms. The van der Waals surface area contributed by atoms with E-state index in [4.69, 9.17) is 0 Å². The van der Waals surface area contributed by atoms with Crippen molar-refractivity contribution in [2.45, 2.75) is 71.4 Å². The van der Waals surface area contributed by atoms with Crippen LogP contribution in [0, 0.1) is 0 Å². The molecule has 0 N–H and O–H groups in total. The zero-order chi connectivity index (χ0) is 13.9. The van der Waals surface area contributed by atoms with Gasteiger partial charge in [0.15, 0.2) is 0 Å². The highest BCUT2D eigenvalue weighted by atomic mass is 15.2. The normalized spacial score (nSPS) is 20.9. The summed E-state index contributed by atoms with van der Waals surface area (Å²) in [4.78, 5) is 2.69. The number of aryl methyl sites for hydroxylation is 1. The Hall–Kier alpha value is -0.820. The lowest BCUT2D eigenvalue weighted by Crippen LogP contribution is -2.40. The maximum Gasteiger partial charge on any atom is 0.0356 e. The third kappa shape index (κ3) is 3.39. The lowest BCUT2D eigenvalue weighted by molar-refractivity contribution is 0.121. The first-order valence-electron chi connectivity index (χ1n) is 7.88. The summed E-state index contributed by atoms with van der Waals surface area (Å²) in [5.41, 5.74) is 3.44. The number of benzene rings is 1. The van der Waals surface area contributed by atoms with E-state index in [0.29, 0.717) is 6.04 Å². The molecule has 0 spiro atoms. The molecule has 1 aromatic carbocycles. The van der Waals surface area contributed by atoms with Gasteiger partial charge in [-0.2, -0.15) is 0 Å². The van der Waals surface area contributed by atoms with E-state index < -0.39 is 0 Å². The van der Waals surface area contributed by atoms with Gasteiger partial charge in [-0.05, 0) is 64.1 Å². The SMILES string of the molecule is CCCCc1ccccc1C1CCCN1C(C)(C)C. The van der Waals surface area contributed by atoms with Gasteiger partial charge in [-0.3, -0.25) is 4.90 Å². The largest absolute Gasteiger partial charge is 0.291 e. The van der Waals surface area contributed by atoms with Crippen molar-refractivity contribution in [1.82, 2.24) is 4.90 Å². The molecule has 1 nitrogen and oxygen atoms in total. The number of likely N-dealkylation sites (tertiary alicyclic amines) is 1. The van der Waals surface area contributed by atoms with Crippen LogP contribution >= 0.6 is 0 Å². The molecule has 1 heterocycles. The molecule has 0 aliphatic carbocycles. The van der Waals surface area contributed by atoms with E-state index >= 15 is 0 Å². The smallest absolute Gasteiger partial charge is 0.0356 e. The Balaban J connectivity index is 2.25. The minimum Gasteiger partial charge on any atom is -0.291 e. The van der Waals surface area contributed by atoms with Crippen LogP contribution in [0.5, 0.6) is 0 Å². The highest BCUT2D eigenvalue weighted by molar-refractivity contribution is 5.31. The van der Waals surface area contributed by atoms with Crippen molar-refractivity contribution in [3.05, 3.63) is 35.4 Å². The second-order valence-corrected chi connectivity index (χ2v) is 6.82. The summed E-state index contributed by atoms with van der Waals surface area (Å²) in [5.74, 6) is 0. The van der Waals surface area contributed by atoms with Gasteiger partial charge in [-0.25, -0.2) is 0 Å².